The van der Waals surface area contributed by atoms with Gasteiger partial charge in [0.25, 0.3) is 0 Å². The van der Waals surface area contributed by atoms with Gasteiger partial charge in [-0.3, -0.25) is 14.8 Å². The van der Waals surface area contributed by atoms with Gasteiger partial charge in [-0.05, 0) is 19.9 Å². The number of carbonyl (C=O) groups excluding carboxylic acids is 1. The van der Waals surface area contributed by atoms with Gasteiger partial charge in [-0.2, -0.15) is 5.10 Å². The topological polar surface area (TPSA) is 72.7 Å². The van der Waals surface area contributed by atoms with Crippen LogP contribution in [0.15, 0.2) is 11.6 Å². The molecule has 0 bridgehead atoms. The normalized spacial score (nSPS) is 10.4. The fourth-order valence-corrected chi connectivity index (χ4v) is 1.82. The summed E-state index contributed by atoms with van der Waals surface area (Å²) in [5.74, 6) is -0.150. The highest BCUT2D eigenvalue weighted by atomic mass is 32.1. The zero-order valence-corrected chi connectivity index (χ0v) is 9.78. The van der Waals surface area contributed by atoms with Crippen LogP contribution in [-0.4, -0.2) is 25.9 Å². The summed E-state index contributed by atoms with van der Waals surface area (Å²) in [6, 6.07) is 1.93. The molecule has 16 heavy (non-hydrogen) atoms. The lowest BCUT2D eigenvalue weighted by molar-refractivity contribution is -0.116. The number of anilines is 1. The van der Waals surface area contributed by atoms with Crippen molar-refractivity contribution in [2.24, 2.45) is 0 Å². The van der Waals surface area contributed by atoms with E-state index in [1.165, 1.54) is 11.3 Å². The quantitative estimate of drug-likeness (QED) is 0.864. The van der Waals surface area contributed by atoms with Gasteiger partial charge >= 0.3 is 0 Å². The summed E-state index contributed by atoms with van der Waals surface area (Å²) < 4.78 is 1.66. The summed E-state index contributed by atoms with van der Waals surface area (Å²) in [7, 11) is 0. The molecule has 0 aliphatic carbocycles. The van der Waals surface area contributed by atoms with Crippen LogP contribution in [0.2, 0.25) is 0 Å². The highest BCUT2D eigenvalue weighted by Gasteiger charge is 2.08. The molecule has 2 aromatic heterocycles. The Hall–Kier alpha value is -1.76. The van der Waals surface area contributed by atoms with Crippen molar-refractivity contribution < 1.29 is 4.79 Å². The standard InChI is InChI=1S/C9H11N5OS/c1-6-3-7(2)14(13-6)4-8(15)11-9-12-10-5-16-9/h3,5H,4H2,1-2H3,(H,11,12,15). The minimum Gasteiger partial charge on any atom is -0.299 e. The molecule has 6 nitrogen and oxygen atoms in total. The first kappa shape index (κ1) is 10.7. The molecule has 0 atom stereocenters. The molecule has 2 rings (SSSR count). The van der Waals surface area contributed by atoms with Crippen LogP contribution in [-0.2, 0) is 11.3 Å². The number of carbonyl (C=O) groups is 1. The molecule has 0 saturated heterocycles. The van der Waals surface area contributed by atoms with Crippen molar-refractivity contribution in [1.29, 1.82) is 0 Å². The van der Waals surface area contributed by atoms with E-state index in [1.807, 2.05) is 19.9 Å². The van der Waals surface area contributed by atoms with Crippen LogP contribution in [0.5, 0.6) is 0 Å². The van der Waals surface area contributed by atoms with Crippen molar-refractivity contribution in [1.82, 2.24) is 20.0 Å². The molecular formula is C9H11N5OS. The van der Waals surface area contributed by atoms with E-state index in [0.717, 1.165) is 11.4 Å². The molecule has 0 unspecified atom stereocenters. The maximum atomic E-state index is 11.6. The number of nitrogens with one attached hydrogen (secondary N) is 1. The van der Waals surface area contributed by atoms with E-state index in [2.05, 4.69) is 20.6 Å². The van der Waals surface area contributed by atoms with Crippen LogP contribution < -0.4 is 5.32 Å². The van der Waals surface area contributed by atoms with Crippen molar-refractivity contribution in [2.75, 3.05) is 5.32 Å². The van der Waals surface area contributed by atoms with Crippen LogP contribution in [0.3, 0.4) is 0 Å². The smallest absolute Gasteiger partial charge is 0.247 e. The molecule has 2 heterocycles. The van der Waals surface area contributed by atoms with Crippen molar-refractivity contribution in [3.05, 3.63) is 23.0 Å². The molecule has 1 N–H and O–H groups in total. The second-order valence-electron chi connectivity index (χ2n) is 3.38. The van der Waals surface area contributed by atoms with E-state index in [0.29, 0.717) is 5.13 Å². The van der Waals surface area contributed by atoms with Gasteiger partial charge in [0, 0.05) is 5.69 Å². The van der Waals surface area contributed by atoms with Crippen LogP contribution >= 0.6 is 11.3 Å². The number of hydrogen-bond donors (Lipinski definition) is 1. The first-order valence-electron chi connectivity index (χ1n) is 4.72. The SMILES string of the molecule is Cc1cc(C)n(CC(=O)Nc2nncs2)n1. The predicted octanol–water partition coefficient (Wildman–Crippen LogP) is 0.990. The van der Waals surface area contributed by atoms with Crippen molar-refractivity contribution in [2.45, 2.75) is 20.4 Å². The average Bonchev–Trinajstić information content (AvgIpc) is 2.78. The van der Waals surface area contributed by atoms with Gasteiger partial charge in [0.1, 0.15) is 12.1 Å². The lowest BCUT2D eigenvalue weighted by Crippen LogP contribution is -2.20. The number of aryl methyl sites for hydroxylation is 2. The van der Waals surface area contributed by atoms with Gasteiger partial charge in [-0.15, -0.1) is 10.2 Å². The predicted molar refractivity (Wildman–Crippen MR) is 60.2 cm³/mol. The fourth-order valence-electron chi connectivity index (χ4n) is 1.36. The molecule has 84 valence electrons. The molecule has 0 aromatic carbocycles. The van der Waals surface area contributed by atoms with Crippen LogP contribution in [0.25, 0.3) is 0 Å². The third kappa shape index (κ3) is 2.43. The first-order chi connectivity index (χ1) is 7.65. The van der Waals surface area contributed by atoms with E-state index >= 15 is 0 Å². The van der Waals surface area contributed by atoms with Gasteiger partial charge in [0.15, 0.2) is 0 Å². The minimum absolute atomic E-state index is 0.150. The number of rotatable bonds is 3. The maximum absolute atomic E-state index is 11.6. The Kier molecular flexibility index (Phi) is 2.95. The van der Waals surface area contributed by atoms with Crippen LogP contribution in [0.4, 0.5) is 5.13 Å². The van der Waals surface area contributed by atoms with Crippen molar-refractivity contribution in [3.63, 3.8) is 0 Å². The average molecular weight is 237 g/mol. The number of aromatic nitrogens is 4. The van der Waals surface area contributed by atoms with Crippen molar-refractivity contribution >= 4 is 22.4 Å². The van der Waals surface area contributed by atoms with E-state index in [4.69, 9.17) is 0 Å². The summed E-state index contributed by atoms with van der Waals surface area (Å²) >= 11 is 1.29. The van der Waals surface area contributed by atoms with E-state index in [1.54, 1.807) is 10.2 Å². The largest absolute Gasteiger partial charge is 0.299 e. The molecule has 0 saturated carbocycles. The minimum atomic E-state index is -0.150. The lowest BCUT2D eigenvalue weighted by atomic mass is 10.4. The number of hydrogen-bond acceptors (Lipinski definition) is 5. The summed E-state index contributed by atoms with van der Waals surface area (Å²) in [6.45, 7) is 4.00. The second kappa shape index (κ2) is 4.40. The first-order valence-corrected chi connectivity index (χ1v) is 5.60. The molecule has 0 fully saturated rings. The summed E-state index contributed by atoms with van der Waals surface area (Å²) in [5, 5.41) is 14.7. The highest BCUT2D eigenvalue weighted by Crippen LogP contribution is 2.08. The third-order valence-electron chi connectivity index (χ3n) is 2.00. The Labute approximate surface area is 96.3 Å². The van der Waals surface area contributed by atoms with Gasteiger partial charge in [-0.25, -0.2) is 0 Å². The van der Waals surface area contributed by atoms with Crippen LogP contribution in [0, 0.1) is 13.8 Å². The van der Waals surface area contributed by atoms with Gasteiger partial charge in [0.05, 0.1) is 5.69 Å². The number of nitrogens with zero attached hydrogens (tertiary/aromatic N) is 4. The third-order valence-corrected chi connectivity index (χ3v) is 2.61. The molecule has 0 aliphatic heterocycles. The van der Waals surface area contributed by atoms with Gasteiger partial charge in [0.2, 0.25) is 11.0 Å². The second-order valence-corrected chi connectivity index (χ2v) is 4.21. The Balaban J connectivity index is 2.00. The molecule has 0 spiro atoms. The summed E-state index contributed by atoms with van der Waals surface area (Å²) in [4.78, 5) is 11.6. The molecule has 0 radical (unpaired) electrons. The monoisotopic (exact) mass is 237 g/mol. The lowest BCUT2D eigenvalue weighted by Gasteiger charge is -2.03. The zero-order chi connectivity index (χ0) is 11.5. The van der Waals surface area contributed by atoms with Crippen molar-refractivity contribution in [3.8, 4) is 0 Å². The molecular weight excluding hydrogens is 226 g/mol. The van der Waals surface area contributed by atoms with Gasteiger partial charge < -0.3 is 0 Å². The van der Waals surface area contributed by atoms with E-state index in [9.17, 15) is 4.79 Å². The molecule has 1 amide bonds. The highest BCUT2D eigenvalue weighted by molar-refractivity contribution is 7.13. The zero-order valence-electron chi connectivity index (χ0n) is 8.97. The Morgan fingerprint density at radius 3 is 2.94 bits per heavy atom. The van der Waals surface area contributed by atoms with E-state index in [-0.39, 0.29) is 12.5 Å². The fraction of sp³-hybridized carbons (Fsp3) is 0.333. The molecule has 7 heteroatoms. The Bertz CT molecular complexity index is 490. The Morgan fingerprint density at radius 1 is 1.56 bits per heavy atom. The van der Waals surface area contributed by atoms with E-state index < -0.39 is 0 Å². The summed E-state index contributed by atoms with van der Waals surface area (Å²) in [5.41, 5.74) is 3.44. The van der Waals surface area contributed by atoms with Gasteiger partial charge in [-0.1, -0.05) is 11.3 Å². The summed E-state index contributed by atoms with van der Waals surface area (Å²) in [6.07, 6.45) is 0. The Morgan fingerprint density at radius 2 is 2.38 bits per heavy atom. The molecule has 0 aliphatic rings. The number of amides is 1. The van der Waals surface area contributed by atoms with Crippen LogP contribution in [0.1, 0.15) is 11.4 Å². The maximum Gasteiger partial charge on any atom is 0.247 e. The molecule has 2 aromatic rings.